The van der Waals surface area contributed by atoms with E-state index in [-0.39, 0.29) is 6.10 Å². The van der Waals surface area contributed by atoms with Crippen LogP contribution in [0.3, 0.4) is 0 Å². The third-order valence-electron chi connectivity index (χ3n) is 4.86. The zero-order chi connectivity index (χ0) is 12.3. The van der Waals surface area contributed by atoms with Crippen molar-refractivity contribution in [1.29, 1.82) is 0 Å². The monoisotopic (exact) mass is 240 g/mol. The molecule has 4 unspecified atom stereocenters. The van der Waals surface area contributed by atoms with Crippen LogP contribution in [-0.2, 0) is 0 Å². The molecule has 0 amide bonds. The number of hydrogen-bond acceptors (Lipinski definition) is 3. The maximum Gasteiger partial charge on any atom is 0.0695 e. The smallest absolute Gasteiger partial charge is 0.0695 e. The molecular formula is C14H28N2O. The van der Waals surface area contributed by atoms with Crippen molar-refractivity contribution in [2.75, 3.05) is 19.6 Å². The van der Waals surface area contributed by atoms with Crippen LogP contribution in [0.4, 0.5) is 0 Å². The zero-order valence-corrected chi connectivity index (χ0v) is 11.1. The van der Waals surface area contributed by atoms with Gasteiger partial charge < -0.3 is 10.8 Å². The minimum atomic E-state index is -0.107. The SMILES string of the molecule is CC1CCN(C2CCCCCC2O)CC1CN. The van der Waals surface area contributed by atoms with Crippen molar-refractivity contribution < 1.29 is 5.11 Å². The summed E-state index contributed by atoms with van der Waals surface area (Å²) >= 11 is 0. The van der Waals surface area contributed by atoms with Gasteiger partial charge >= 0.3 is 0 Å². The molecule has 2 fully saturated rings. The Kier molecular flexibility index (Phi) is 4.83. The minimum Gasteiger partial charge on any atom is -0.391 e. The Hall–Kier alpha value is -0.120. The van der Waals surface area contributed by atoms with E-state index >= 15 is 0 Å². The van der Waals surface area contributed by atoms with E-state index in [1.54, 1.807) is 0 Å². The van der Waals surface area contributed by atoms with Gasteiger partial charge in [-0.2, -0.15) is 0 Å². The maximum atomic E-state index is 10.3. The first-order chi connectivity index (χ1) is 8.22. The van der Waals surface area contributed by atoms with E-state index in [1.165, 1.54) is 32.1 Å². The van der Waals surface area contributed by atoms with Crippen molar-refractivity contribution in [3.63, 3.8) is 0 Å². The molecule has 0 radical (unpaired) electrons. The van der Waals surface area contributed by atoms with Gasteiger partial charge in [0.1, 0.15) is 0 Å². The molecule has 0 aromatic rings. The Morgan fingerprint density at radius 3 is 2.71 bits per heavy atom. The zero-order valence-electron chi connectivity index (χ0n) is 11.1. The molecule has 0 aromatic carbocycles. The van der Waals surface area contributed by atoms with E-state index in [0.717, 1.165) is 32.0 Å². The van der Waals surface area contributed by atoms with Crippen molar-refractivity contribution in [1.82, 2.24) is 4.90 Å². The van der Waals surface area contributed by atoms with Gasteiger partial charge in [0.05, 0.1) is 6.10 Å². The fourth-order valence-electron chi connectivity index (χ4n) is 3.48. The summed E-state index contributed by atoms with van der Waals surface area (Å²) in [6.45, 7) is 5.36. The van der Waals surface area contributed by atoms with E-state index < -0.39 is 0 Å². The Morgan fingerprint density at radius 1 is 1.18 bits per heavy atom. The maximum absolute atomic E-state index is 10.3. The fourth-order valence-corrected chi connectivity index (χ4v) is 3.48. The molecule has 2 aliphatic rings. The van der Waals surface area contributed by atoms with Gasteiger partial charge in [-0.15, -0.1) is 0 Å². The number of nitrogens with two attached hydrogens (primary N) is 1. The predicted molar refractivity (Wildman–Crippen MR) is 70.8 cm³/mol. The lowest BCUT2D eigenvalue weighted by Gasteiger charge is -2.42. The van der Waals surface area contributed by atoms with Crippen LogP contribution >= 0.6 is 0 Å². The van der Waals surface area contributed by atoms with E-state index in [1.807, 2.05) is 0 Å². The molecule has 100 valence electrons. The summed E-state index contributed by atoms with van der Waals surface area (Å²) < 4.78 is 0. The average Bonchev–Trinajstić information content (AvgIpc) is 2.55. The fraction of sp³-hybridized carbons (Fsp3) is 1.00. The van der Waals surface area contributed by atoms with Crippen LogP contribution < -0.4 is 5.73 Å². The Bertz CT molecular complexity index is 234. The number of piperidine rings is 1. The number of aliphatic hydroxyl groups is 1. The van der Waals surface area contributed by atoms with Crippen LogP contribution in [0, 0.1) is 11.8 Å². The predicted octanol–water partition coefficient (Wildman–Crippen LogP) is 1.60. The Labute approximate surface area is 105 Å². The van der Waals surface area contributed by atoms with E-state index in [4.69, 9.17) is 5.73 Å². The molecule has 1 saturated carbocycles. The molecule has 2 rings (SSSR count). The number of aliphatic hydroxyl groups excluding tert-OH is 1. The van der Waals surface area contributed by atoms with Gasteiger partial charge in [-0.05, 0) is 44.2 Å². The summed E-state index contributed by atoms with van der Waals surface area (Å²) in [5, 5.41) is 10.3. The molecule has 0 bridgehead atoms. The van der Waals surface area contributed by atoms with Crippen molar-refractivity contribution in [3.8, 4) is 0 Å². The molecule has 1 aliphatic heterocycles. The van der Waals surface area contributed by atoms with E-state index in [2.05, 4.69) is 11.8 Å². The summed E-state index contributed by atoms with van der Waals surface area (Å²) in [5.74, 6) is 1.37. The average molecular weight is 240 g/mol. The van der Waals surface area contributed by atoms with Gasteiger partial charge in [0.15, 0.2) is 0 Å². The molecule has 1 saturated heterocycles. The van der Waals surface area contributed by atoms with Crippen LogP contribution in [-0.4, -0.2) is 41.8 Å². The van der Waals surface area contributed by atoms with Crippen LogP contribution in [0.5, 0.6) is 0 Å². The lowest BCUT2D eigenvalue weighted by Crippen LogP contribution is -2.51. The highest BCUT2D eigenvalue weighted by molar-refractivity contribution is 4.87. The second-order valence-electron chi connectivity index (χ2n) is 6.03. The molecule has 1 heterocycles. The van der Waals surface area contributed by atoms with Gasteiger partial charge in [-0.25, -0.2) is 0 Å². The highest BCUT2D eigenvalue weighted by Gasteiger charge is 2.33. The standard InChI is InChI=1S/C14H28N2O/c1-11-7-8-16(10-12(11)9-15)13-5-3-2-4-6-14(13)17/h11-14,17H,2-10,15H2,1H3. The largest absolute Gasteiger partial charge is 0.391 e. The summed E-state index contributed by atoms with van der Waals surface area (Å²) in [5.41, 5.74) is 5.86. The third-order valence-corrected chi connectivity index (χ3v) is 4.86. The molecule has 3 N–H and O–H groups in total. The van der Waals surface area contributed by atoms with Crippen molar-refractivity contribution in [2.24, 2.45) is 17.6 Å². The first-order valence-electron chi connectivity index (χ1n) is 7.34. The van der Waals surface area contributed by atoms with Crippen molar-refractivity contribution in [3.05, 3.63) is 0 Å². The second kappa shape index (κ2) is 6.17. The van der Waals surface area contributed by atoms with Gasteiger partial charge in [0.25, 0.3) is 0 Å². The van der Waals surface area contributed by atoms with Crippen LogP contribution in [0.15, 0.2) is 0 Å². The van der Waals surface area contributed by atoms with Crippen LogP contribution in [0.25, 0.3) is 0 Å². The molecule has 0 aromatic heterocycles. The molecule has 3 heteroatoms. The van der Waals surface area contributed by atoms with Gasteiger partial charge in [-0.1, -0.05) is 26.2 Å². The second-order valence-corrected chi connectivity index (χ2v) is 6.03. The van der Waals surface area contributed by atoms with E-state index in [9.17, 15) is 5.11 Å². The van der Waals surface area contributed by atoms with Crippen LogP contribution in [0.1, 0.15) is 45.4 Å². The lowest BCUT2D eigenvalue weighted by molar-refractivity contribution is 0.00957. The van der Waals surface area contributed by atoms with Gasteiger partial charge in [0.2, 0.25) is 0 Å². The third kappa shape index (κ3) is 3.21. The first-order valence-corrected chi connectivity index (χ1v) is 7.34. The molecule has 17 heavy (non-hydrogen) atoms. The highest BCUT2D eigenvalue weighted by Crippen LogP contribution is 2.29. The van der Waals surface area contributed by atoms with E-state index in [0.29, 0.717) is 12.0 Å². The molecular weight excluding hydrogens is 212 g/mol. The Balaban J connectivity index is 1.96. The molecule has 4 atom stereocenters. The first kappa shape index (κ1) is 13.3. The number of rotatable bonds is 2. The highest BCUT2D eigenvalue weighted by atomic mass is 16.3. The summed E-state index contributed by atoms with van der Waals surface area (Å²) in [6.07, 6.45) is 7.06. The summed E-state index contributed by atoms with van der Waals surface area (Å²) in [4.78, 5) is 2.52. The Morgan fingerprint density at radius 2 is 1.94 bits per heavy atom. The van der Waals surface area contributed by atoms with Crippen LogP contribution in [0.2, 0.25) is 0 Å². The quantitative estimate of drug-likeness (QED) is 0.721. The van der Waals surface area contributed by atoms with Gasteiger partial charge in [-0.3, -0.25) is 4.90 Å². The molecule has 1 aliphatic carbocycles. The minimum absolute atomic E-state index is 0.107. The number of nitrogens with zero attached hydrogens (tertiary/aromatic N) is 1. The normalized spacial score (nSPS) is 41.1. The topological polar surface area (TPSA) is 49.5 Å². The number of hydrogen-bond donors (Lipinski definition) is 2. The lowest BCUT2D eigenvalue weighted by atomic mass is 9.85. The van der Waals surface area contributed by atoms with Gasteiger partial charge in [0, 0.05) is 12.6 Å². The van der Waals surface area contributed by atoms with Crippen molar-refractivity contribution >= 4 is 0 Å². The summed E-state index contributed by atoms with van der Waals surface area (Å²) in [7, 11) is 0. The summed E-state index contributed by atoms with van der Waals surface area (Å²) in [6, 6.07) is 0.402. The van der Waals surface area contributed by atoms with Crippen molar-refractivity contribution in [2.45, 2.75) is 57.6 Å². The number of likely N-dealkylation sites (tertiary alicyclic amines) is 1. The molecule has 0 spiro atoms. The molecule has 3 nitrogen and oxygen atoms in total.